The van der Waals surface area contributed by atoms with Crippen LogP contribution in [0.25, 0.3) is 0 Å². The van der Waals surface area contributed by atoms with E-state index < -0.39 is 5.60 Å². The van der Waals surface area contributed by atoms with E-state index >= 15 is 0 Å². The fraction of sp³-hybridized carbons (Fsp3) is 0.588. The molecule has 7 heteroatoms. The molecule has 1 unspecified atom stereocenters. The van der Waals surface area contributed by atoms with Crippen LogP contribution in [0.2, 0.25) is 10.0 Å². The molecule has 24 heavy (non-hydrogen) atoms. The highest BCUT2D eigenvalue weighted by atomic mass is 35.5. The molecule has 1 aromatic rings. The van der Waals surface area contributed by atoms with Crippen molar-refractivity contribution >= 4 is 29.3 Å². The smallest absolute Gasteiger partial charge is 0.410 e. The van der Waals surface area contributed by atoms with Crippen molar-refractivity contribution in [2.45, 2.75) is 45.3 Å². The Bertz CT molecular complexity index is 601. The first-order chi connectivity index (χ1) is 11.2. The van der Waals surface area contributed by atoms with Gasteiger partial charge in [0.25, 0.3) is 0 Å². The van der Waals surface area contributed by atoms with E-state index in [9.17, 15) is 4.79 Å². The molecule has 0 bridgehead atoms. The van der Waals surface area contributed by atoms with Gasteiger partial charge in [-0.25, -0.2) is 4.79 Å². The summed E-state index contributed by atoms with van der Waals surface area (Å²) in [5.41, 5.74) is 0.141. The predicted octanol–water partition coefficient (Wildman–Crippen LogP) is 5.05. The van der Waals surface area contributed by atoms with Crippen LogP contribution >= 0.6 is 23.2 Å². The molecular formula is C17H23Cl2NO4. The van der Waals surface area contributed by atoms with Gasteiger partial charge < -0.3 is 19.1 Å². The number of benzene rings is 1. The molecule has 1 amide bonds. The van der Waals surface area contributed by atoms with Gasteiger partial charge in [-0.15, -0.1) is 0 Å². The molecule has 134 valence electrons. The van der Waals surface area contributed by atoms with Crippen LogP contribution in [-0.4, -0.2) is 37.0 Å². The topological polar surface area (TPSA) is 48.0 Å². The van der Waals surface area contributed by atoms with Gasteiger partial charge in [-0.3, -0.25) is 0 Å². The van der Waals surface area contributed by atoms with E-state index in [0.29, 0.717) is 27.9 Å². The molecule has 1 fully saturated rings. The van der Waals surface area contributed by atoms with Crippen molar-refractivity contribution in [3.63, 3.8) is 0 Å². The van der Waals surface area contributed by atoms with Gasteiger partial charge >= 0.3 is 6.09 Å². The van der Waals surface area contributed by atoms with E-state index in [1.54, 1.807) is 24.1 Å². The lowest BCUT2D eigenvalue weighted by Crippen LogP contribution is -2.36. The van der Waals surface area contributed by atoms with Crippen molar-refractivity contribution in [3.05, 3.63) is 27.7 Å². The number of hydrogen-bond acceptors (Lipinski definition) is 4. The van der Waals surface area contributed by atoms with Gasteiger partial charge in [0, 0.05) is 19.2 Å². The molecular weight excluding hydrogens is 353 g/mol. The van der Waals surface area contributed by atoms with Crippen molar-refractivity contribution in [3.8, 4) is 5.75 Å². The molecule has 0 N–H and O–H groups in total. The molecule has 5 nitrogen and oxygen atoms in total. The Hall–Kier alpha value is -1.17. The monoisotopic (exact) mass is 375 g/mol. The maximum absolute atomic E-state index is 12.5. The summed E-state index contributed by atoms with van der Waals surface area (Å²) in [6, 6.07) is 3.18. The van der Waals surface area contributed by atoms with Crippen molar-refractivity contribution < 1.29 is 19.0 Å². The summed E-state index contributed by atoms with van der Waals surface area (Å²) in [4.78, 5) is 14.2. The molecule has 1 aliphatic rings. The maximum atomic E-state index is 12.5. The van der Waals surface area contributed by atoms with E-state index in [-0.39, 0.29) is 18.9 Å². The largest absolute Gasteiger partial charge is 0.467 e. The molecule has 0 radical (unpaired) electrons. The third-order valence-corrected chi connectivity index (χ3v) is 4.46. The number of rotatable bonds is 4. The van der Waals surface area contributed by atoms with Gasteiger partial charge in [-0.05, 0) is 45.7 Å². The maximum Gasteiger partial charge on any atom is 0.410 e. The summed E-state index contributed by atoms with van der Waals surface area (Å²) < 4.78 is 16.1. The zero-order valence-corrected chi connectivity index (χ0v) is 15.9. The Balaban J connectivity index is 2.34. The number of halogens is 2. The highest BCUT2D eigenvalue weighted by Gasteiger charge is 2.36. The number of likely N-dealkylation sites (tertiary alicyclic amines) is 1. The van der Waals surface area contributed by atoms with E-state index in [1.165, 1.54) is 0 Å². The average molecular weight is 376 g/mol. The molecule has 0 aromatic heterocycles. The zero-order valence-electron chi connectivity index (χ0n) is 14.4. The SMILES string of the molecule is COCOc1ccc(Cl)c(Cl)c1C1CCCN1C(=O)OC(C)(C)C. The summed E-state index contributed by atoms with van der Waals surface area (Å²) in [5.74, 6) is 0.562. The second-order valence-electron chi connectivity index (χ2n) is 6.66. The lowest BCUT2D eigenvalue weighted by molar-refractivity contribution is 0.0215. The van der Waals surface area contributed by atoms with Gasteiger partial charge in [0.15, 0.2) is 6.79 Å². The normalized spacial score (nSPS) is 17.9. The Morgan fingerprint density at radius 1 is 1.33 bits per heavy atom. The van der Waals surface area contributed by atoms with Crippen LogP contribution in [0.5, 0.6) is 5.75 Å². The highest BCUT2D eigenvalue weighted by molar-refractivity contribution is 6.42. The van der Waals surface area contributed by atoms with E-state index in [0.717, 1.165) is 12.8 Å². The van der Waals surface area contributed by atoms with Crippen LogP contribution in [0.1, 0.15) is 45.2 Å². The Kier molecular flexibility index (Phi) is 6.23. The molecule has 0 aliphatic carbocycles. The zero-order chi connectivity index (χ0) is 17.9. The van der Waals surface area contributed by atoms with Crippen molar-refractivity contribution in [1.82, 2.24) is 4.90 Å². The Morgan fingerprint density at radius 3 is 2.67 bits per heavy atom. The van der Waals surface area contributed by atoms with Crippen LogP contribution in [0.4, 0.5) is 4.79 Å². The number of methoxy groups -OCH3 is 1. The number of ether oxygens (including phenoxy) is 3. The fourth-order valence-electron chi connectivity index (χ4n) is 2.71. The summed E-state index contributed by atoms with van der Waals surface area (Å²) in [6.07, 6.45) is 1.26. The van der Waals surface area contributed by atoms with Gasteiger partial charge in [-0.1, -0.05) is 23.2 Å². The van der Waals surface area contributed by atoms with Gasteiger partial charge in [0.2, 0.25) is 0 Å². The van der Waals surface area contributed by atoms with E-state index in [1.807, 2.05) is 20.8 Å². The third-order valence-electron chi connectivity index (χ3n) is 3.64. The molecule has 1 aliphatic heterocycles. The minimum atomic E-state index is -0.558. The molecule has 2 rings (SSSR count). The second-order valence-corrected chi connectivity index (χ2v) is 7.44. The first-order valence-corrected chi connectivity index (χ1v) is 8.59. The number of carbonyl (C=O) groups is 1. The highest BCUT2D eigenvalue weighted by Crippen LogP contribution is 2.44. The number of nitrogens with zero attached hydrogens (tertiary/aromatic N) is 1. The van der Waals surface area contributed by atoms with Crippen LogP contribution in [0, 0.1) is 0 Å². The van der Waals surface area contributed by atoms with E-state index in [4.69, 9.17) is 37.4 Å². The van der Waals surface area contributed by atoms with Crippen molar-refractivity contribution in [1.29, 1.82) is 0 Å². The lowest BCUT2D eigenvalue weighted by Gasteiger charge is -2.30. The summed E-state index contributed by atoms with van der Waals surface area (Å²) in [6.45, 7) is 6.22. The first-order valence-electron chi connectivity index (χ1n) is 7.84. The Morgan fingerprint density at radius 2 is 2.04 bits per heavy atom. The predicted molar refractivity (Wildman–Crippen MR) is 93.9 cm³/mol. The lowest BCUT2D eigenvalue weighted by atomic mass is 10.0. The number of amides is 1. The number of carbonyl (C=O) groups excluding carboxylic acids is 1. The molecule has 1 heterocycles. The minimum absolute atomic E-state index is 0.0874. The third kappa shape index (κ3) is 4.47. The standard InChI is InChI=1S/C17H23Cl2NO4/c1-17(2,3)24-16(21)20-9-5-6-12(20)14-13(23-10-22-4)8-7-11(18)15(14)19/h7-8,12H,5-6,9-10H2,1-4H3. The molecule has 0 spiro atoms. The van der Waals surface area contributed by atoms with Crippen LogP contribution in [0.3, 0.4) is 0 Å². The van der Waals surface area contributed by atoms with Crippen molar-refractivity contribution in [2.24, 2.45) is 0 Å². The molecule has 1 saturated heterocycles. The summed E-state index contributed by atoms with van der Waals surface area (Å²) in [5, 5.41) is 0.818. The Labute approximate surface area is 152 Å². The first kappa shape index (κ1) is 19.2. The van der Waals surface area contributed by atoms with Gasteiger partial charge in [0.05, 0.1) is 16.1 Å². The summed E-state index contributed by atoms with van der Waals surface area (Å²) in [7, 11) is 1.54. The van der Waals surface area contributed by atoms with Crippen LogP contribution < -0.4 is 4.74 Å². The quantitative estimate of drug-likeness (QED) is 0.690. The van der Waals surface area contributed by atoms with Crippen LogP contribution in [0.15, 0.2) is 12.1 Å². The van der Waals surface area contributed by atoms with E-state index in [2.05, 4.69) is 0 Å². The van der Waals surface area contributed by atoms with Crippen molar-refractivity contribution in [2.75, 3.05) is 20.4 Å². The minimum Gasteiger partial charge on any atom is -0.467 e. The van der Waals surface area contributed by atoms with Crippen LogP contribution in [-0.2, 0) is 9.47 Å². The molecule has 1 atom stereocenters. The molecule has 1 aromatic carbocycles. The average Bonchev–Trinajstić information content (AvgIpc) is 2.96. The summed E-state index contributed by atoms with van der Waals surface area (Å²) >= 11 is 12.6. The fourth-order valence-corrected chi connectivity index (χ4v) is 3.16. The number of hydrogen-bond donors (Lipinski definition) is 0. The van der Waals surface area contributed by atoms with Gasteiger partial charge in [0.1, 0.15) is 11.4 Å². The molecule has 0 saturated carbocycles. The van der Waals surface area contributed by atoms with Gasteiger partial charge in [-0.2, -0.15) is 0 Å². The second kappa shape index (κ2) is 7.81.